The molecule has 2 aliphatic heterocycles. The summed E-state index contributed by atoms with van der Waals surface area (Å²) >= 11 is 0. The molecular formula is C31H49N7O9. The second-order valence-corrected chi connectivity index (χ2v) is 15.0. The van der Waals surface area contributed by atoms with Crippen LogP contribution in [0.3, 0.4) is 0 Å². The number of ether oxygens (including phenoxy) is 6. The minimum absolute atomic E-state index is 0.194. The van der Waals surface area contributed by atoms with Crippen LogP contribution in [0.15, 0.2) is 12.7 Å². The van der Waals surface area contributed by atoms with E-state index in [9.17, 15) is 14.4 Å². The maximum Gasteiger partial charge on any atom is 0.413 e. The molecule has 2 saturated heterocycles. The number of imidazole rings is 1. The summed E-state index contributed by atoms with van der Waals surface area (Å²) in [4.78, 5) is 50.9. The first-order chi connectivity index (χ1) is 21.6. The second-order valence-electron chi connectivity index (χ2n) is 15.0. The number of nitrogens with zero attached hydrogens (tertiary/aromatic N) is 4. The normalized spacial score (nSPS) is 23.2. The largest absolute Gasteiger partial charge is 0.458 e. The van der Waals surface area contributed by atoms with E-state index in [1.807, 2.05) is 13.8 Å². The van der Waals surface area contributed by atoms with E-state index in [4.69, 9.17) is 28.4 Å². The van der Waals surface area contributed by atoms with Crippen molar-refractivity contribution in [3.8, 4) is 0 Å². The molecule has 5 atom stereocenters. The molecule has 0 unspecified atom stereocenters. The molecule has 4 heterocycles. The van der Waals surface area contributed by atoms with E-state index in [0.717, 1.165) is 0 Å². The molecule has 0 spiro atoms. The van der Waals surface area contributed by atoms with Gasteiger partial charge in [0.1, 0.15) is 47.5 Å². The van der Waals surface area contributed by atoms with Gasteiger partial charge in [-0.25, -0.2) is 29.3 Å². The highest BCUT2D eigenvalue weighted by atomic mass is 16.8. The summed E-state index contributed by atoms with van der Waals surface area (Å²) in [5, 5.41) is 8.59. The molecule has 47 heavy (non-hydrogen) atoms. The quantitative estimate of drug-likeness (QED) is 0.200. The molecule has 2 aromatic rings. The third-order valence-electron chi connectivity index (χ3n) is 6.72. The van der Waals surface area contributed by atoms with E-state index < -0.39 is 71.3 Å². The van der Waals surface area contributed by atoms with Crippen LogP contribution in [0.2, 0.25) is 0 Å². The number of hydrogen-bond donors (Lipinski definition) is 3. The lowest BCUT2D eigenvalue weighted by molar-refractivity contribution is -0.195. The van der Waals surface area contributed by atoms with E-state index in [0.29, 0.717) is 24.3 Å². The Kier molecular flexibility index (Phi) is 10.4. The van der Waals surface area contributed by atoms with Gasteiger partial charge in [-0.3, -0.25) is 9.88 Å². The van der Waals surface area contributed by atoms with Gasteiger partial charge in [-0.05, 0) is 89.1 Å². The molecule has 2 aromatic heterocycles. The van der Waals surface area contributed by atoms with Crippen LogP contribution in [0.1, 0.15) is 88.8 Å². The molecule has 0 saturated carbocycles. The van der Waals surface area contributed by atoms with Gasteiger partial charge in [-0.2, -0.15) is 0 Å². The molecule has 0 aromatic carbocycles. The maximum absolute atomic E-state index is 12.9. The van der Waals surface area contributed by atoms with Crippen LogP contribution in [0.5, 0.6) is 0 Å². The van der Waals surface area contributed by atoms with Crippen LogP contribution in [-0.4, -0.2) is 97.7 Å². The Morgan fingerprint density at radius 1 is 0.894 bits per heavy atom. The third kappa shape index (κ3) is 9.95. The monoisotopic (exact) mass is 663 g/mol. The summed E-state index contributed by atoms with van der Waals surface area (Å²) < 4.78 is 36.9. The highest BCUT2D eigenvalue weighted by Gasteiger charge is 2.56. The van der Waals surface area contributed by atoms with Gasteiger partial charge in [0.15, 0.2) is 29.0 Å². The Bertz CT molecular complexity index is 1440. The summed E-state index contributed by atoms with van der Waals surface area (Å²) in [6.45, 7) is 20.2. The number of hydrogen-bond acceptors (Lipinski definition) is 13. The van der Waals surface area contributed by atoms with Crippen LogP contribution in [-0.2, 0) is 33.2 Å². The zero-order chi connectivity index (χ0) is 34.9. The molecule has 0 radical (unpaired) electrons. The van der Waals surface area contributed by atoms with Crippen molar-refractivity contribution in [2.45, 2.75) is 136 Å². The molecule has 16 nitrogen and oxygen atoms in total. The van der Waals surface area contributed by atoms with E-state index in [2.05, 4.69) is 30.9 Å². The van der Waals surface area contributed by atoms with Crippen molar-refractivity contribution < 1.29 is 42.8 Å². The Hall–Kier alpha value is -3.60. The molecule has 3 N–H and O–H groups in total. The molecule has 0 bridgehead atoms. The Labute approximate surface area is 274 Å². The standard InChI is InChI=1S/C31H49N7O9/c1-28(2,3)45-25(39)17(36-26(40)46-29(4,5)6)12-13-32-14-18-20-21(44-31(10,11)43-20)24(42-18)38-16-35-19-22(33-15-34-23(19)38)37-27(41)47-30(7,8)9/h15-18,20-21,24,32H,12-14H2,1-11H3,(H,36,40)(H,33,34,37,41)/t17-,18+,20+,21+,24+/m0/s1. The highest BCUT2D eigenvalue weighted by molar-refractivity contribution is 5.93. The summed E-state index contributed by atoms with van der Waals surface area (Å²) in [5.41, 5.74) is -1.38. The zero-order valence-electron chi connectivity index (χ0n) is 29.1. The molecule has 2 aliphatic rings. The number of anilines is 1. The smallest absolute Gasteiger partial charge is 0.413 e. The van der Waals surface area contributed by atoms with Gasteiger partial charge in [0, 0.05) is 6.54 Å². The van der Waals surface area contributed by atoms with E-state index >= 15 is 0 Å². The van der Waals surface area contributed by atoms with Crippen molar-refractivity contribution in [1.29, 1.82) is 0 Å². The highest BCUT2D eigenvalue weighted by Crippen LogP contribution is 2.43. The number of rotatable bonds is 9. The van der Waals surface area contributed by atoms with E-state index in [1.54, 1.807) is 73.2 Å². The lowest BCUT2D eigenvalue weighted by Crippen LogP contribution is -2.47. The number of amides is 2. The minimum Gasteiger partial charge on any atom is -0.458 e. The van der Waals surface area contributed by atoms with Crippen molar-refractivity contribution in [2.75, 3.05) is 18.4 Å². The van der Waals surface area contributed by atoms with Crippen LogP contribution in [0, 0.1) is 0 Å². The number of nitrogens with one attached hydrogen (secondary N) is 3. The van der Waals surface area contributed by atoms with Crippen molar-refractivity contribution >= 4 is 35.1 Å². The van der Waals surface area contributed by atoms with Gasteiger partial charge in [0.2, 0.25) is 0 Å². The van der Waals surface area contributed by atoms with Gasteiger partial charge >= 0.3 is 18.2 Å². The fourth-order valence-corrected chi connectivity index (χ4v) is 5.14. The predicted octanol–water partition coefficient (Wildman–Crippen LogP) is 3.81. The summed E-state index contributed by atoms with van der Waals surface area (Å²) in [6.07, 6.45) is -0.330. The molecule has 262 valence electrons. The maximum atomic E-state index is 12.9. The average molecular weight is 664 g/mol. The van der Waals surface area contributed by atoms with Gasteiger partial charge in [-0.1, -0.05) is 0 Å². The number of esters is 1. The number of alkyl carbamates (subject to hydrolysis) is 1. The zero-order valence-corrected chi connectivity index (χ0v) is 29.1. The number of fused-ring (bicyclic) bond motifs is 2. The van der Waals surface area contributed by atoms with Crippen molar-refractivity contribution in [1.82, 2.24) is 30.2 Å². The molecule has 2 fully saturated rings. The second kappa shape index (κ2) is 13.5. The molecular weight excluding hydrogens is 614 g/mol. The van der Waals surface area contributed by atoms with Crippen molar-refractivity contribution in [3.63, 3.8) is 0 Å². The first-order valence-corrected chi connectivity index (χ1v) is 15.7. The minimum atomic E-state index is -0.938. The Balaban J connectivity index is 1.45. The van der Waals surface area contributed by atoms with E-state index in [-0.39, 0.29) is 12.2 Å². The first kappa shape index (κ1) is 36.2. The SMILES string of the molecule is CC(C)(C)OC(=O)Nc1ncnc2c1ncn2[C@@H]1O[C@H](CNCC[C@H](NC(=O)OC(C)(C)C)C(=O)OC(C)(C)C)[C@H]2OC(C)(C)O[C@H]21. The van der Waals surface area contributed by atoms with Crippen LogP contribution in [0.4, 0.5) is 15.4 Å². The van der Waals surface area contributed by atoms with Crippen LogP contribution >= 0.6 is 0 Å². The fourth-order valence-electron chi connectivity index (χ4n) is 5.14. The van der Waals surface area contributed by atoms with E-state index in [1.165, 1.54) is 6.33 Å². The van der Waals surface area contributed by atoms with Gasteiger partial charge in [0.05, 0.1) is 6.33 Å². The average Bonchev–Trinajstić information content (AvgIpc) is 3.54. The van der Waals surface area contributed by atoms with Crippen LogP contribution in [0.25, 0.3) is 11.2 Å². The summed E-state index contributed by atoms with van der Waals surface area (Å²) in [7, 11) is 0. The molecule has 4 rings (SSSR count). The summed E-state index contributed by atoms with van der Waals surface area (Å²) in [5.74, 6) is -1.24. The van der Waals surface area contributed by atoms with Crippen molar-refractivity contribution in [3.05, 3.63) is 12.7 Å². The summed E-state index contributed by atoms with van der Waals surface area (Å²) in [6, 6.07) is -0.938. The van der Waals surface area contributed by atoms with Gasteiger partial charge < -0.3 is 39.1 Å². The first-order valence-electron chi connectivity index (χ1n) is 15.7. The number of aromatic nitrogens is 4. The molecule has 16 heteroatoms. The number of carbonyl (C=O) groups excluding carboxylic acids is 3. The fraction of sp³-hybridized carbons (Fsp3) is 0.742. The molecule has 2 amide bonds. The predicted molar refractivity (Wildman–Crippen MR) is 169 cm³/mol. The molecule has 0 aliphatic carbocycles. The lowest BCUT2D eigenvalue weighted by atomic mass is 10.1. The Morgan fingerprint density at radius 2 is 1.51 bits per heavy atom. The topological polar surface area (TPSA) is 186 Å². The van der Waals surface area contributed by atoms with Crippen LogP contribution < -0.4 is 16.0 Å². The lowest BCUT2D eigenvalue weighted by Gasteiger charge is -2.27. The number of carbonyl (C=O) groups is 3. The third-order valence-corrected chi connectivity index (χ3v) is 6.72. The van der Waals surface area contributed by atoms with Gasteiger partial charge in [0.25, 0.3) is 0 Å². The Morgan fingerprint density at radius 3 is 2.15 bits per heavy atom. The van der Waals surface area contributed by atoms with Gasteiger partial charge in [-0.15, -0.1) is 0 Å². The van der Waals surface area contributed by atoms with Crippen molar-refractivity contribution in [2.24, 2.45) is 0 Å².